The number of carbonyl (C=O) groups excluding carboxylic acids is 2. The Hall–Kier alpha value is -2.90. The normalized spacial score (nSPS) is 11.7. The maximum Gasteiger partial charge on any atom is 0.279 e. The second-order valence-electron chi connectivity index (χ2n) is 5.05. The third-order valence-corrected chi connectivity index (χ3v) is 3.30. The molecule has 0 saturated carbocycles. The van der Waals surface area contributed by atoms with Crippen LogP contribution in [0.3, 0.4) is 0 Å². The number of aryl methyl sites for hydroxylation is 2. The predicted molar refractivity (Wildman–Crippen MR) is 82.7 cm³/mol. The molecular formula is C16H18FN3O4. The lowest BCUT2D eigenvalue weighted by molar-refractivity contribution is -0.128. The minimum Gasteiger partial charge on any atom is -0.478 e. The monoisotopic (exact) mass is 335 g/mol. The standard InChI is InChI=1S/C16H18FN3O4/c1-4-12-14(9(2)24-20-12)16(22)19-18-15(21)10(3)23-13-8-6-5-7-11(13)17/h5-8,10H,4H2,1-3H3,(H,18,21)(H,19,22)/t10-/m1/s1. The fourth-order valence-electron chi connectivity index (χ4n) is 2.02. The van der Waals surface area contributed by atoms with Gasteiger partial charge in [-0.2, -0.15) is 0 Å². The summed E-state index contributed by atoms with van der Waals surface area (Å²) in [5.74, 6) is -1.44. The molecule has 0 saturated heterocycles. The molecule has 1 aromatic heterocycles. The number of hydrogen-bond acceptors (Lipinski definition) is 5. The molecule has 128 valence electrons. The lowest BCUT2D eigenvalue weighted by Crippen LogP contribution is -2.47. The highest BCUT2D eigenvalue weighted by Gasteiger charge is 2.21. The van der Waals surface area contributed by atoms with Crippen molar-refractivity contribution in [2.75, 3.05) is 0 Å². The molecule has 0 unspecified atom stereocenters. The highest BCUT2D eigenvalue weighted by atomic mass is 19.1. The van der Waals surface area contributed by atoms with Gasteiger partial charge >= 0.3 is 0 Å². The number of halogens is 1. The van der Waals surface area contributed by atoms with E-state index in [0.717, 1.165) is 0 Å². The van der Waals surface area contributed by atoms with Crippen molar-refractivity contribution in [3.8, 4) is 5.75 Å². The van der Waals surface area contributed by atoms with Crippen molar-refractivity contribution in [2.45, 2.75) is 33.3 Å². The second kappa shape index (κ2) is 7.58. The smallest absolute Gasteiger partial charge is 0.279 e. The molecule has 0 spiro atoms. The molecule has 7 nitrogen and oxygen atoms in total. The molecule has 2 N–H and O–H groups in total. The van der Waals surface area contributed by atoms with Crippen LogP contribution in [-0.2, 0) is 11.2 Å². The van der Waals surface area contributed by atoms with Crippen LogP contribution < -0.4 is 15.6 Å². The topological polar surface area (TPSA) is 93.5 Å². The number of rotatable bonds is 5. The number of benzene rings is 1. The summed E-state index contributed by atoms with van der Waals surface area (Å²) < 4.78 is 23.7. The predicted octanol–water partition coefficient (Wildman–Crippen LogP) is 1.91. The molecule has 0 aliphatic rings. The van der Waals surface area contributed by atoms with E-state index in [2.05, 4.69) is 16.0 Å². The molecule has 2 aromatic rings. The van der Waals surface area contributed by atoms with Crippen LogP contribution in [-0.4, -0.2) is 23.1 Å². The van der Waals surface area contributed by atoms with Crippen LogP contribution in [0.2, 0.25) is 0 Å². The van der Waals surface area contributed by atoms with Crippen molar-refractivity contribution in [2.24, 2.45) is 0 Å². The summed E-state index contributed by atoms with van der Waals surface area (Å²) in [5.41, 5.74) is 5.28. The Morgan fingerprint density at radius 3 is 2.71 bits per heavy atom. The first-order chi connectivity index (χ1) is 11.4. The number of hydrazine groups is 1. The van der Waals surface area contributed by atoms with Crippen LogP contribution in [0.5, 0.6) is 5.75 Å². The van der Waals surface area contributed by atoms with E-state index in [1.54, 1.807) is 13.0 Å². The molecule has 24 heavy (non-hydrogen) atoms. The Balaban J connectivity index is 1.94. The maximum absolute atomic E-state index is 13.5. The van der Waals surface area contributed by atoms with Gasteiger partial charge in [-0.1, -0.05) is 24.2 Å². The third-order valence-electron chi connectivity index (χ3n) is 3.30. The highest BCUT2D eigenvalue weighted by Crippen LogP contribution is 2.17. The van der Waals surface area contributed by atoms with Gasteiger partial charge in [0.25, 0.3) is 11.8 Å². The van der Waals surface area contributed by atoms with Gasteiger partial charge < -0.3 is 9.26 Å². The van der Waals surface area contributed by atoms with Crippen molar-refractivity contribution in [3.63, 3.8) is 0 Å². The van der Waals surface area contributed by atoms with Gasteiger partial charge in [0.2, 0.25) is 0 Å². The quantitative estimate of drug-likeness (QED) is 0.814. The van der Waals surface area contributed by atoms with Crippen LogP contribution >= 0.6 is 0 Å². The molecule has 1 heterocycles. The van der Waals surface area contributed by atoms with Crippen LogP contribution in [0.4, 0.5) is 4.39 Å². The average Bonchev–Trinajstić information content (AvgIpc) is 2.95. The Labute approximate surface area is 138 Å². The van der Waals surface area contributed by atoms with Gasteiger partial charge in [0, 0.05) is 0 Å². The first kappa shape index (κ1) is 17.5. The maximum atomic E-state index is 13.5. The van der Waals surface area contributed by atoms with E-state index in [-0.39, 0.29) is 11.3 Å². The molecule has 8 heteroatoms. The zero-order chi connectivity index (χ0) is 17.7. The summed E-state index contributed by atoms with van der Waals surface area (Å²) in [4.78, 5) is 24.1. The van der Waals surface area contributed by atoms with Crippen LogP contribution in [0, 0.1) is 12.7 Å². The summed E-state index contributed by atoms with van der Waals surface area (Å²) >= 11 is 0. The minimum absolute atomic E-state index is 0.0466. The Morgan fingerprint density at radius 2 is 2.04 bits per heavy atom. The Bertz CT molecular complexity index is 745. The molecular weight excluding hydrogens is 317 g/mol. The van der Waals surface area contributed by atoms with Crippen molar-refractivity contribution >= 4 is 11.8 Å². The number of amides is 2. The molecule has 1 aromatic carbocycles. The third kappa shape index (κ3) is 3.89. The van der Waals surface area contributed by atoms with Crippen molar-refractivity contribution in [3.05, 3.63) is 47.1 Å². The van der Waals surface area contributed by atoms with Gasteiger partial charge in [0.1, 0.15) is 11.3 Å². The number of hydrogen-bond donors (Lipinski definition) is 2. The van der Waals surface area contributed by atoms with E-state index < -0.39 is 23.7 Å². The molecule has 1 atom stereocenters. The number of carbonyl (C=O) groups is 2. The fraction of sp³-hybridized carbons (Fsp3) is 0.312. The van der Waals surface area contributed by atoms with Gasteiger partial charge in [-0.15, -0.1) is 0 Å². The van der Waals surface area contributed by atoms with Gasteiger partial charge in [0.05, 0.1) is 5.69 Å². The summed E-state index contributed by atoms with van der Waals surface area (Å²) in [6.07, 6.45) is -0.489. The summed E-state index contributed by atoms with van der Waals surface area (Å²) in [6, 6.07) is 5.74. The van der Waals surface area contributed by atoms with Crippen molar-refractivity contribution in [1.29, 1.82) is 0 Å². The van der Waals surface area contributed by atoms with E-state index in [1.165, 1.54) is 25.1 Å². The van der Waals surface area contributed by atoms with E-state index in [0.29, 0.717) is 17.9 Å². The number of aromatic nitrogens is 1. The summed E-state index contributed by atoms with van der Waals surface area (Å²) in [6.45, 7) is 4.87. The number of nitrogens with one attached hydrogen (secondary N) is 2. The first-order valence-electron chi connectivity index (χ1n) is 7.40. The van der Waals surface area contributed by atoms with Gasteiger partial charge in [-0.3, -0.25) is 20.4 Å². The average molecular weight is 335 g/mol. The number of ether oxygens (including phenoxy) is 1. The lowest BCUT2D eigenvalue weighted by atomic mass is 10.1. The zero-order valence-corrected chi connectivity index (χ0v) is 13.6. The highest BCUT2D eigenvalue weighted by molar-refractivity contribution is 5.97. The van der Waals surface area contributed by atoms with Crippen LogP contribution in [0.25, 0.3) is 0 Å². The van der Waals surface area contributed by atoms with Crippen LogP contribution in [0.1, 0.15) is 35.7 Å². The Morgan fingerprint density at radius 1 is 1.33 bits per heavy atom. The van der Waals surface area contributed by atoms with E-state index in [4.69, 9.17) is 9.26 Å². The molecule has 0 aliphatic heterocycles. The van der Waals surface area contributed by atoms with E-state index >= 15 is 0 Å². The number of para-hydroxylation sites is 1. The minimum atomic E-state index is -1.00. The van der Waals surface area contributed by atoms with Gasteiger partial charge in [-0.25, -0.2) is 4.39 Å². The summed E-state index contributed by atoms with van der Waals surface area (Å²) in [5, 5.41) is 3.77. The van der Waals surface area contributed by atoms with Gasteiger partial charge in [-0.05, 0) is 32.4 Å². The SMILES string of the molecule is CCc1noc(C)c1C(=O)NNC(=O)[C@@H](C)Oc1ccccc1F. The zero-order valence-electron chi connectivity index (χ0n) is 13.6. The Kier molecular flexibility index (Phi) is 5.51. The van der Waals surface area contributed by atoms with Crippen molar-refractivity contribution < 1.29 is 23.2 Å². The fourth-order valence-corrected chi connectivity index (χ4v) is 2.02. The van der Waals surface area contributed by atoms with Gasteiger partial charge in [0.15, 0.2) is 17.7 Å². The molecule has 0 bridgehead atoms. The molecule has 2 amide bonds. The second-order valence-corrected chi connectivity index (χ2v) is 5.05. The molecule has 2 rings (SSSR count). The van der Waals surface area contributed by atoms with Crippen molar-refractivity contribution in [1.82, 2.24) is 16.0 Å². The molecule has 0 radical (unpaired) electrons. The number of nitrogens with zero attached hydrogens (tertiary/aromatic N) is 1. The first-order valence-corrected chi connectivity index (χ1v) is 7.40. The van der Waals surface area contributed by atoms with E-state index in [1.807, 2.05) is 6.92 Å². The summed E-state index contributed by atoms with van der Waals surface area (Å²) in [7, 11) is 0. The largest absolute Gasteiger partial charge is 0.478 e. The van der Waals surface area contributed by atoms with Crippen LogP contribution in [0.15, 0.2) is 28.8 Å². The lowest BCUT2D eigenvalue weighted by Gasteiger charge is -2.15. The molecule has 0 aliphatic carbocycles. The molecule has 0 fully saturated rings. The van der Waals surface area contributed by atoms with E-state index in [9.17, 15) is 14.0 Å².